The van der Waals surface area contributed by atoms with E-state index < -0.39 is 0 Å². The van der Waals surface area contributed by atoms with Gasteiger partial charge in [0.15, 0.2) is 5.82 Å². The molecule has 1 saturated heterocycles. The molecule has 0 bridgehead atoms. The lowest BCUT2D eigenvalue weighted by atomic mass is 9.92. The first-order valence-corrected chi connectivity index (χ1v) is 7.51. The Morgan fingerprint density at radius 1 is 1.29 bits per heavy atom. The lowest BCUT2D eigenvalue weighted by molar-refractivity contribution is 0.0546. The second kappa shape index (κ2) is 6.56. The van der Waals surface area contributed by atoms with Gasteiger partial charge in [0.2, 0.25) is 5.89 Å². The van der Waals surface area contributed by atoms with E-state index in [1.54, 1.807) is 0 Å². The summed E-state index contributed by atoms with van der Waals surface area (Å²) in [6.07, 6.45) is 2.41. The maximum Gasteiger partial charge on any atom is 0.243 e. The van der Waals surface area contributed by atoms with Crippen molar-refractivity contribution in [1.29, 1.82) is 0 Å². The van der Waals surface area contributed by atoms with Gasteiger partial charge in [0, 0.05) is 24.7 Å². The summed E-state index contributed by atoms with van der Waals surface area (Å²) in [5.74, 6) is 1.46. The summed E-state index contributed by atoms with van der Waals surface area (Å²) in [7, 11) is 0. The van der Waals surface area contributed by atoms with Gasteiger partial charge in [-0.3, -0.25) is 0 Å². The fourth-order valence-electron chi connectivity index (χ4n) is 2.56. The highest BCUT2D eigenvalue weighted by molar-refractivity contribution is 6.31. The van der Waals surface area contributed by atoms with E-state index in [-0.39, 0.29) is 6.04 Å². The van der Waals surface area contributed by atoms with E-state index in [1.165, 1.54) is 0 Å². The first-order chi connectivity index (χ1) is 10.2. The summed E-state index contributed by atoms with van der Waals surface area (Å²) < 4.78 is 10.7. The Bertz CT molecular complexity index is 596. The first kappa shape index (κ1) is 14.5. The van der Waals surface area contributed by atoms with Crippen LogP contribution in [0.3, 0.4) is 0 Å². The molecule has 1 atom stereocenters. The third-order valence-electron chi connectivity index (χ3n) is 3.85. The fourth-order valence-corrected chi connectivity index (χ4v) is 2.77. The summed E-state index contributed by atoms with van der Waals surface area (Å²) >= 11 is 6.14. The van der Waals surface area contributed by atoms with Crippen LogP contribution < -0.4 is 5.73 Å². The van der Waals surface area contributed by atoms with Crippen LogP contribution in [0.4, 0.5) is 0 Å². The third kappa shape index (κ3) is 3.43. The summed E-state index contributed by atoms with van der Waals surface area (Å²) in [5.41, 5.74) is 7.21. The molecule has 2 N–H and O–H groups in total. The molecule has 112 valence electrons. The van der Waals surface area contributed by atoms with Crippen molar-refractivity contribution < 1.29 is 9.26 Å². The molecule has 0 spiro atoms. The average molecular weight is 308 g/mol. The maximum atomic E-state index is 6.23. The van der Waals surface area contributed by atoms with Gasteiger partial charge >= 0.3 is 0 Å². The van der Waals surface area contributed by atoms with Crippen molar-refractivity contribution in [2.75, 3.05) is 13.2 Å². The van der Waals surface area contributed by atoms with Gasteiger partial charge in [0.05, 0.1) is 6.04 Å². The summed E-state index contributed by atoms with van der Waals surface area (Å²) in [4.78, 5) is 4.42. The third-order valence-corrected chi connectivity index (χ3v) is 4.22. The molecule has 3 rings (SSSR count). The van der Waals surface area contributed by atoms with Crippen molar-refractivity contribution >= 4 is 11.6 Å². The number of nitrogens with zero attached hydrogens (tertiary/aromatic N) is 2. The Hall–Kier alpha value is -1.43. The molecule has 2 aromatic rings. The number of ether oxygens (including phenoxy) is 1. The van der Waals surface area contributed by atoms with Crippen LogP contribution in [0.25, 0.3) is 0 Å². The Labute approximate surface area is 128 Å². The fraction of sp³-hybridized carbons (Fsp3) is 0.467. The predicted octanol–water partition coefficient (Wildman–Crippen LogP) is 2.74. The highest BCUT2D eigenvalue weighted by Gasteiger charge is 2.26. The molecule has 0 radical (unpaired) electrons. The van der Waals surface area contributed by atoms with Gasteiger partial charge in [0.1, 0.15) is 0 Å². The standard InChI is InChI=1S/C15H18ClN3O2/c16-12-4-2-1-3-11(12)9-13-18-15(21-19-13)14(17)10-5-7-20-8-6-10/h1-4,10,14H,5-9,17H2. The van der Waals surface area contributed by atoms with Gasteiger partial charge in [-0.1, -0.05) is 35.0 Å². The first-order valence-electron chi connectivity index (χ1n) is 7.13. The molecule has 0 aliphatic carbocycles. The lowest BCUT2D eigenvalue weighted by Crippen LogP contribution is -2.27. The van der Waals surface area contributed by atoms with E-state index in [1.807, 2.05) is 24.3 Å². The zero-order chi connectivity index (χ0) is 14.7. The second-order valence-corrected chi connectivity index (χ2v) is 5.70. The molecule has 1 aliphatic rings. The van der Waals surface area contributed by atoms with Crippen molar-refractivity contribution in [3.8, 4) is 0 Å². The Balaban J connectivity index is 1.69. The molecule has 1 fully saturated rings. The summed E-state index contributed by atoms with van der Waals surface area (Å²) in [5, 5.41) is 4.72. The topological polar surface area (TPSA) is 74.2 Å². The smallest absolute Gasteiger partial charge is 0.243 e. The SMILES string of the molecule is NC(c1nc(Cc2ccccc2Cl)no1)C1CCOCC1. The Kier molecular flexibility index (Phi) is 4.53. The van der Waals surface area contributed by atoms with Crippen molar-refractivity contribution in [3.05, 3.63) is 46.6 Å². The van der Waals surface area contributed by atoms with Gasteiger partial charge < -0.3 is 15.0 Å². The monoisotopic (exact) mass is 307 g/mol. The zero-order valence-electron chi connectivity index (χ0n) is 11.7. The normalized spacial score (nSPS) is 17.8. The van der Waals surface area contributed by atoms with Gasteiger partial charge in [-0.05, 0) is 30.4 Å². The predicted molar refractivity (Wildman–Crippen MR) is 79.0 cm³/mol. The number of rotatable bonds is 4. The highest BCUT2D eigenvalue weighted by Crippen LogP contribution is 2.27. The summed E-state index contributed by atoms with van der Waals surface area (Å²) in [6, 6.07) is 7.42. The Morgan fingerprint density at radius 2 is 2.05 bits per heavy atom. The van der Waals surface area contributed by atoms with Crippen LogP contribution in [-0.2, 0) is 11.2 Å². The van der Waals surface area contributed by atoms with Gasteiger partial charge in [0.25, 0.3) is 0 Å². The largest absolute Gasteiger partial charge is 0.381 e. The van der Waals surface area contributed by atoms with Gasteiger partial charge in [-0.2, -0.15) is 4.98 Å². The van der Waals surface area contributed by atoms with E-state index in [2.05, 4.69) is 10.1 Å². The molecule has 1 aromatic carbocycles. The van der Waals surface area contributed by atoms with Crippen molar-refractivity contribution in [2.24, 2.45) is 11.7 Å². The number of benzene rings is 1. The van der Waals surface area contributed by atoms with E-state index >= 15 is 0 Å². The molecule has 6 heteroatoms. The minimum Gasteiger partial charge on any atom is -0.381 e. The van der Waals surface area contributed by atoms with Crippen LogP contribution in [0, 0.1) is 5.92 Å². The average Bonchev–Trinajstić information content (AvgIpc) is 2.98. The van der Waals surface area contributed by atoms with Crippen molar-refractivity contribution in [2.45, 2.75) is 25.3 Å². The lowest BCUT2D eigenvalue weighted by Gasteiger charge is -2.25. The van der Waals surface area contributed by atoms with Crippen LogP contribution in [0.1, 0.15) is 36.2 Å². The number of hydrogen-bond donors (Lipinski definition) is 1. The maximum absolute atomic E-state index is 6.23. The van der Waals surface area contributed by atoms with E-state index in [0.717, 1.165) is 31.6 Å². The number of hydrogen-bond acceptors (Lipinski definition) is 5. The molecular weight excluding hydrogens is 290 g/mol. The van der Waals surface area contributed by atoms with Crippen LogP contribution in [0.15, 0.2) is 28.8 Å². The molecule has 2 heterocycles. The molecule has 21 heavy (non-hydrogen) atoms. The van der Waals surface area contributed by atoms with E-state index in [4.69, 9.17) is 26.6 Å². The number of aromatic nitrogens is 2. The zero-order valence-corrected chi connectivity index (χ0v) is 12.4. The molecule has 1 aromatic heterocycles. The quantitative estimate of drug-likeness (QED) is 0.940. The molecule has 0 amide bonds. The number of halogens is 1. The van der Waals surface area contributed by atoms with Gasteiger partial charge in [-0.25, -0.2) is 0 Å². The van der Waals surface area contributed by atoms with Crippen molar-refractivity contribution in [1.82, 2.24) is 10.1 Å². The minimum atomic E-state index is -0.221. The molecule has 1 unspecified atom stereocenters. The minimum absolute atomic E-state index is 0.221. The van der Waals surface area contributed by atoms with E-state index in [0.29, 0.717) is 29.1 Å². The Morgan fingerprint density at radius 3 is 2.81 bits per heavy atom. The van der Waals surface area contributed by atoms with Crippen molar-refractivity contribution in [3.63, 3.8) is 0 Å². The second-order valence-electron chi connectivity index (χ2n) is 5.29. The number of nitrogens with two attached hydrogens (primary N) is 1. The van der Waals surface area contributed by atoms with Crippen LogP contribution in [-0.4, -0.2) is 23.4 Å². The molecule has 1 aliphatic heterocycles. The van der Waals surface area contributed by atoms with E-state index in [9.17, 15) is 0 Å². The molecule has 5 nitrogen and oxygen atoms in total. The summed E-state index contributed by atoms with van der Waals surface area (Å²) in [6.45, 7) is 1.50. The molecule has 0 saturated carbocycles. The van der Waals surface area contributed by atoms with Crippen LogP contribution in [0.2, 0.25) is 5.02 Å². The van der Waals surface area contributed by atoms with Crippen LogP contribution >= 0.6 is 11.6 Å². The van der Waals surface area contributed by atoms with Crippen LogP contribution in [0.5, 0.6) is 0 Å². The highest BCUT2D eigenvalue weighted by atomic mass is 35.5. The van der Waals surface area contributed by atoms with Gasteiger partial charge in [-0.15, -0.1) is 0 Å². The molecular formula is C15H18ClN3O2.